The number of thioether (sulfide) groups is 1. The van der Waals surface area contributed by atoms with E-state index in [-0.39, 0.29) is 5.63 Å². The monoisotopic (exact) mass is 387 g/mol. The van der Waals surface area contributed by atoms with Gasteiger partial charge in [-0.05, 0) is 34.5 Å². The van der Waals surface area contributed by atoms with Crippen molar-refractivity contribution in [2.45, 2.75) is 11.0 Å². The minimum atomic E-state index is -0.374. The van der Waals surface area contributed by atoms with Crippen molar-refractivity contribution >= 4 is 33.5 Å². The predicted octanol–water partition coefficient (Wildman–Crippen LogP) is 4.68. The Hall–Kier alpha value is -3.45. The topological polar surface area (TPSA) is 82.0 Å². The van der Waals surface area contributed by atoms with Crippen molar-refractivity contribution in [3.63, 3.8) is 0 Å². The Morgan fingerprint density at radius 1 is 0.929 bits per heavy atom. The fourth-order valence-electron chi connectivity index (χ4n) is 3.15. The van der Waals surface area contributed by atoms with Crippen molar-refractivity contribution < 1.29 is 8.83 Å². The quantitative estimate of drug-likeness (QED) is 0.251. The standard InChI is InChI=1S/C21H13N3O3S/c25-18-11-15(19-16-4-2-1-3-13(16)5-6-17(19)26-18)12-28-21-24-23-20(27-21)14-7-9-22-10-8-14/h1-11H,12H2. The van der Waals surface area contributed by atoms with Gasteiger partial charge in [0.25, 0.3) is 5.22 Å². The van der Waals surface area contributed by atoms with Crippen LogP contribution in [0, 0.1) is 0 Å². The molecule has 0 bridgehead atoms. The first-order chi connectivity index (χ1) is 13.8. The van der Waals surface area contributed by atoms with Gasteiger partial charge in [-0.3, -0.25) is 4.98 Å². The first-order valence-electron chi connectivity index (χ1n) is 8.59. The molecule has 0 unspecified atom stereocenters. The first-order valence-corrected chi connectivity index (χ1v) is 9.58. The summed E-state index contributed by atoms with van der Waals surface area (Å²) >= 11 is 1.38. The predicted molar refractivity (Wildman–Crippen MR) is 107 cm³/mol. The van der Waals surface area contributed by atoms with Gasteiger partial charge in [-0.25, -0.2) is 4.79 Å². The zero-order valence-corrected chi connectivity index (χ0v) is 15.3. The summed E-state index contributed by atoms with van der Waals surface area (Å²) in [6.07, 6.45) is 3.35. The molecule has 5 aromatic rings. The highest BCUT2D eigenvalue weighted by atomic mass is 32.2. The number of hydrogen-bond donors (Lipinski definition) is 0. The van der Waals surface area contributed by atoms with E-state index in [1.54, 1.807) is 12.4 Å². The van der Waals surface area contributed by atoms with Gasteiger partial charge in [0.05, 0.1) is 0 Å². The molecular weight excluding hydrogens is 374 g/mol. The van der Waals surface area contributed by atoms with Crippen LogP contribution in [0.25, 0.3) is 33.2 Å². The summed E-state index contributed by atoms with van der Waals surface area (Å²) in [5.41, 5.74) is 1.88. The second-order valence-corrected chi connectivity index (χ2v) is 7.07. The minimum Gasteiger partial charge on any atom is -0.423 e. The smallest absolute Gasteiger partial charge is 0.336 e. The summed E-state index contributed by atoms with van der Waals surface area (Å²) in [7, 11) is 0. The van der Waals surface area contributed by atoms with Gasteiger partial charge in [-0.1, -0.05) is 42.1 Å². The molecule has 0 fully saturated rings. The van der Waals surface area contributed by atoms with E-state index in [1.165, 1.54) is 17.8 Å². The van der Waals surface area contributed by atoms with E-state index < -0.39 is 0 Å². The third kappa shape index (κ3) is 3.05. The highest BCUT2D eigenvalue weighted by molar-refractivity contribution is 7.98. The van der Waals surface area contributed by atoms with Gasteiger partial charge in [-0.15, -0.1) is 10.2 Å². The Bertz CT molecular complexity index is 1350. The van der Waals surface area contributed by atoms with E-state index in [0.29, 0.717) is 22.4 Å². The lowest BCUT2D eigenvalue weighted by atomic mass is 10.0. The molecule has 0 saturated heterocycles. The van der Waals surface area contributed by atoms with Crippen LogP contribution in [0.2, 0.25) is 0 Å². The van der Waals surface area contributed by atoms with Gasteiger partial charge in [-0.2, -0.15) is 0 Å². The molecule has 3 heterocycles. The summed E-state index contributed by atoms with van der Waals surface area (Å²) in [5.74, 6) is 0.946. The number of aromatic nitrogens is 3. The molecule has 2 aromatic carbocycles. The number of benzene rings is 2. The van der Waals surface area contributed by atoms with E-state index in [1.807, 2.05) is 48.5 Å². The largest absolute Gasteiger partial charge is 0.423 e. The van der Waals surface area contributed by atoms with E-state index in [9.17, 15) is 4.79 Å². The molecule has 0 amide bonds. The number of rotatable bonds is 4. The Balaban J connectivity index is 1.51. The molecule has 5 rings (SSSR count). The number of nitrogens with zero attached hydrogens (tertiary/aromatic N) is 3. The normalized spacial score (nSPS) is 11.3. The lowest BCUT2D eigenvalue weighted by molar-refractivity contribution is 0.466. The lowest BCUT2D eigenvalue weighted by Gasteiger charge is -2.07. The highest BCUT2D eigenvalue weighted by Gasteiger charge is 2.13. The fraction of sp³-hybridized carbons (Fsp3) is 0.0476. The molecule has 0 saturated carbocycles. The molecule has 0 atom stereocenters. The Kier molecular flexibility index (Phi) is 4.14. The Morgan fingerprint density at radius 2 is 1.79 bits per heavy atom. The van der Waals surface area contributed by atoms with Crippen molar-refractivity contribution in [1.29, 1.82) is 0 Å². The van der Waals surface area contributed by atoms with Crippen LogP contribution in [0.4, 0.5) is 0 Å². The van der Waals surface area contributed by atoms with Crippen LogP contribution in [-0.2, 0) is 5.75 Å². The van der Waals surface area contributed by atoms with Gasteiger partial charge in [0, 0.05) is 35.2 Å². The first kappa shape index (κ1) is 16.7. The molecule has 28 heavy (non-hydrogen) atoms. The van der Waals surface area contributed by atoms with Gasteiger partial charge < -0.3 is 8.83 Å². The van der Waals surface area contributed by atoms with Gasteiger partial charge in [0.2, 0.25) is 5.89 Å². The SMILES string of the molecule is O=c1cc(CSc2nnc(-c3ccncc3)o2)c2c(ccc3ccccc32)o1. The average molecular weight is 387 g/mol. The van der Waals surface area contributed by atoms with Crippen LogP contribution < -0.4 is 5.63 Å². The number of hydrogen-bond acceptors (Lipinski definition) is 7. The number of pyridine rings is 1. The van der Waals surface area contributed by atoms with Crippen molar-refractivity contribution in [2.75, 3.05) is 0 Å². The fourth-order valence-corrected chi connectivity index (χ4v) is 3.90. The lowest BCUT2D eigenvalue weighted by Crippen LogP contribution is -2.00. The van der Waals surface area contributed by atoms with Crippen molar-refractivity contribution in [3.8, 4) is 11.5 Å². The summed E-state index contributed by atoms with van der Waals surface area (Å²) in [5, 5.41) is 11.7. The van der Waals surface area contributed by atoms with Crippen LogP contribution in [0.1, 0.15) is 5.56 Å². The molecule has 0 radical (unpaired) electrons. The molecule has 0 aliphatic carbocycles. The van der Waals surface area contributed by atoms with E-state index >= 15 is 0 Å². The van der Waals surface area contributed by atoms with Crippen molar-refractivity contribution in [2.24, 2.45) is 0 Å². The van der Waals surface area contributed by atoms with Gasteiger partial charge in [0.1, 0.15) is 5.58 Å². The van der Waals surface area contributed by atoms with Gasteiger partial charge >= 0.3 is 5.63 Å². The average Bonchev–Trinajstić information content (AvgIpc) is 3.21. The number of fused-ring (bicyclic) bond motifs is 3. The molecule has 6 nitrogen and oxygen atoms in total. The summed E-state index contributed by atoms with van der Waals surface area (Å²) < 4.78 is 11.1. The summed E-state index contributed by atoms with van der Waals surface area (Å²) in [6, 6.07) is 17.0. The maximum atomic E-state index is 12.0. The van der Waals surface area contributed by atoms with Crippen LogP contribution in [-0.4, -0.2) is 15.2 Å². The summed E-state index contributed by atoms with van der Waals surface area (Å²) in [6.45, 7) is 0. The van der Waals surface area contributed by atoms with Crippen LogP contribution in [0.3, 0.4) is 0 Å². The summed E-state index contributed by atoms with van der Waals surface area (Å²) in [4.78, 5) is 16.0. The molecule has 0 spiro atoms. The molecule has 0 N–H and O–H groups in total. The maximum absolute atomic E-state index is 12.0. The second kappa shape index (κ2) is 6.94. The van der Waals surface area contributed by atoms with Crippen LogP contribution in [0.15, 0.2) is 85.8 Å². The van der Waals surface area contributed by atoms with Gasteiger partial charge in [0.15, 0.2) is 0 Å². The second-order valence-electron chi connectivity index (χ2n) is 6.15. The van der Waals surface area contributed by atoms with Crippen LogP contribution >= 0.6 is 11.8 Å². The molecule has 0 aliphatic rings. The molecular formula is C21H13N3O3S. The third-order valence-corrected chi connectivity index (χ3v) is 5.27. The Morgan fingerprint density at radius 3 is 2.68 bits per heavy atom. The molecule has 3 aromatic heterocycles. The zero-order valence-electron chi connectivity index (χ0n) is 14.5. The molecule has 136 valence electrons. The van der Waals surface area contributed by atoms with E-state index in [2.05, 4.69) is 15.2 Å². The maximum Gasteiger partial charge on any atom is 0.336 e. The third-order valence-electron chi connectivity index (χ3n) is 4.40. The Labute approximate surface area is 163 Å². The van der Waals surface area contributed by atoms with Crippen molar-refractivity contribution in [3.05, 3.63) is 83.0 Å². The van der Waals surface area contributed by atoms with E-state index in [0.717, 1.165) is 27.3 Å². The van der Waals surface area contributed by atoms with E-state index in [4.69, 9.17) is 8.83 Å². The van der Waals surface area contributed by atoms with Crippen LogP contribution in [0.5, 0.6) is 0 Å². The molecule has 7 heteroatoms. The highest BCUT2D eigenvalue weighted by Crippen LogP contribution is 2.31. The minimum absolute atomic E-state index is 0.374. The van der Waals surface area contributed by atoms with Crippen molar-refractivity contribution in [1.82, 2.24) is 15.2 Å². The zero-order chi connectivity index (χ0) is 18.9. The molecule has 0 aliphatic heterocycles.